The number of terminal acetylenes is 1. The van der Waals surface area contributed by atoms with Crippen molar-refractivity contribution in [3.05, 3.63) is 28.8 Å². The number of benzene rings is 1. The third-order valence-electron chi connectivity index (χ3n) is 2.91. The Bertz CT molecular complexity index is 521. The lowest BCUT2D eigenvalue weighted by Crippen LogP contribution is -2.29. The van der Waals surface area contributed by atoms with Crippen LogP contribution in [0, 0.1) is 12.3 Å². The lowest BCUT2D eigenvalue weighted by atomic mass is 10.2. The standard InChI is InChI=1S/C15H17ClN2O2/c1-2-7-17-15(19)10-20-14-6-3-11(8-13(14)16)9-18-12-4-5-12/h1,3,6,8,12,18H,4-5,7,9-10H2,(H,17,19). The van der Waals surface area contributed by atoms with Gasteiger partial charge in [0.1, 0.15) is 5.75 Å². The highest BCUT2D eigenvalue weighted by Crippen LogP contribution is 2.26. The van der Waals surface area contributed by atoms with Gasteiger partial charge in [0, 0.05) is 12.6 Å². The zero-order chi connectivity index (χ0) is 14.4. The van der Waals surface area contributed by atoms with E-state index in [1.165, 1.54) is 12.8 Å². The van der Waals surface area contributed by atoms with Crippen LogP contribution in [0.15, 0.2) is 18.2 Å². The van der Waals surface area contributed by atoms with Gasteiger partial charge in [0.15, 0.2) is 6.61 Å². The second-order valence-electron chi connectivity index (χ2n) is 4.69. The molecule has 1 aromatic carbocycles. The van der Waals surface area contributed by atoms with E-state index in [1.54, 1.807) is 6.07 Å². The van der Waals surface area contributed by atoms with Crippen molar-refractivity contribution in [2.24, 2.45) is 0 Å². The van der Waals surface area contributed by atoms with E-state index in [1.807, 2.05) is 12.1 Å². The average molecular weight is 293 g/mol. The zero-order valence-corrected chi connectivity index (χ0v) is 11.9. The molecule has 1 aliphatic carbocycles. The lowest BCUT2D eigenvalue weighted by molar-refractivity contribution is -0.122. The maximum absolute atomic E-state index is 11.4. The third kappa shape index (κ3) is 4.76. The number of ether oxygens (including phenoxy) is 1. The topological polar surface area (TPSA) is 50.4 Å². The van der Waals surface area contributed by atoms with Crippen LogP contribution in [0.2, 0.25) is 5.02 Å². The first kappa shape index (κ1) is 14.7. The fourth-order valence-electron chi connectivity index (χ4n) is 1.66. The van der Waals surface area contributed by atoms with Crippen LogP contribution in [0.3, 0.4) is 0 Å². The second kappa shape index (κ2) is 7.18. The summed E-state index contributed by atoms with van der Waals surface area (Å²) in [5, 5.41) is 6.44. The summed E-state index contributed by atoms with van der Waals surface area (Å²) in [6.07, 6.45) is 7.55. The summed E-state index contributed by atoms with van der Waals surface area (Å²) < 4.78 is 5.36. The molecule has 0 bridgehead atoms. The van der Waals surface area contributed by atoms with Gasteiger partial charge in [-0.05, 0) is 30.5 Å². The molecular weight excluding hydrogens is 276 g/mol. The van der Waals surface area contributed by atoms with Crippen molar-refractivity contribution in [3.8, 4) is 18.1 Å². The number of carbonyl (C=O) groups is 1. The summed E-state index contributed by atoms with van der Waals surface area (Å²) in [5.74, 6) is 2.56. The smallest absolute Gasteiger partial charge is 0.258 e. The molecule has 0 aliphatic heterocycles. The summed E-state index contributed by atoms with van der Waals surface area (Å²) in [5.41, 5.74) is 1.10. The van der Waals surface area contributed by atoms with Gasteiger partial charge in [-0.3, -0.25) is 4.79 Å². The van der Waals surface area contributed by atoms with E-state index < -0.39 is 0 Å². The Morgan fingerprint density at radius 2 is 2.30 bits per heavy atom. The van der Waals surface area contributed by atoms with E-state index >= 15 is 0 Å². The molecule has 0 atom stereocenters. The Labute approximate surface area is 123 Å². The van der Waals surface area contributed by atoms with Crippen molar-refractivity contribution in [1.82, 2.24) is 10.6 Å². The summed E-state index contributed by atoms with van der Waals surface area (Å²) in [6.45, 7) is 0.899. The molecule has 0 spiro atoms. The normalized spacial score (nSPS) is 13.6. The molecule has 1 saturated carbocycles. The van der Waals surface area contributed by atoms with Crippen LogP contribution in [0.25, 0.3) is 0 Å². The molecule has 0 radical (unpaired) electrons. The van der Waals surface area contributed by atoms with Gasteiger partial charge in [-0.1, -0.05) is 23.6 Å². The maximum Gasteiger partial charge on any atom is 0.258 e. The molecule has 0 unspecified atom stereocenters. The average Bonchev–Trinajstić information content (AvgIpc) is 3.26. The van der Waals surface area contributed by atoms with Crippen molar-refractivity contribution in [2.75, 3.05) is 13.2 Å². The molecule has 1 aromatic rings. The Kier molecular flexibility index (Phi) is 5.28. The molecule has 0 aromatic heterocycles. The molecule has 1 fully saturated rings. The maximum atomic E-state index is 11.4. The van der Waals surface area contributed by atoms with E-state index in [-0.39, 0.29) is 19.1 Å². The van der Waals surface area contributed by atoms with Crippen molar-refractivity contribution >= 4 is 17.5 Å². The van der Waals surface area contributed by atoms with Crippen LogP contribution in [0.4, 0.5) is 0 Å². The summed E-state index contributed by atoms with van der Waals surface area (Å²) in [7, 11) is 0. The van der Waals surface area contributed by atoms with Gasteiger partial charge in [0.25, 0.3) is 5.91 Å². The molecule has 1 amide bonds. The number of hydrogen-bond acceptors (Lipinski definition) is 3. The molecule has 4 nitrogen and oxygen atoms in total. The Balaban J connectivity index is 1.82. The molecule has 5 heteroatoms. The first-order valence-electron chi connectivity index (χ1n) is 6.54. The SMILES string of the molecule is C#CCNC(=O)COc1ccc(CNC2CC2)cc1Cl. The largest absolute Gasteiger partial charge is 0.482 e. The first-order valence-corrected chi connectivity index (χ1v) is 6.91. The van der Waals surface area contributed by atoms with Gasteiger partial charge in [0.2, 0.25) is 0 Å². The number of hydrogen-bond donors (Lipinski definition) is 2. The van der Waals surface area contributed by atoms with Crippen LogP contribution >= 0.6 is 11.6 Å². The van der Waals surface area contributed by atoms with Crippen molar-refractivity contribution in [1.29, 1.82) is 0 Å². The molecule has 106 valence electrons. The first-order chi connectivity index (χ1) is 9.69. The Morgan fingerprint density at radius 1 is 1.50 bits per heavy atom. The minimum atomic E-state index is -0.265. The van der Waals surface area contributed by atoms with Crippen molar-refractivity contribution in [2.45, 2.75) is 25.4 Å². The monoisotopic (exact) mass is 292 g/mol. The van der Waals surface area contributed by atoms with Crippen LogP contribution in [0.1, 0.15) is 18.4 Å². The summed E-state index contributed by atoms with van der Waals surface area (Å²) >= 11 is 6.13. The van der Waals surface area contributed by atoms with E-state index in [2.05, 4.69) is 16.6 Å². The van der Waals surface area contributed by atoms with E-state index in [0.717, 1.165) is 12.1 Å². The highest BCUT2D eigenvalue weighted by molar-refractivity contribution is 6.32. The van der Waals surface area contributed by atoms with Gasteiger partial charge in [-0.2, -0.15) is 0 Å². The number of nitrogens with one attached hydrogen (secondary N) is 2. The van der Waals surface area contributed by atoms with Crippen LogP contribution in [0.5, 0.6) is 5.75 Å². The van der Waals surface area contributed by atoms with Gasteiger partial charge < -0.3 is 15.4 Å². The minimum Gasteiger partial charge on any atom is -0.482 e. The number of halogens is 1. The molecule has 0 saturated heterocycles. The molecule has 2 N–H and O–H groups in total. The van der Waals surface area contributed by atoms with Crippen LogP contribution in [-0.2, 0) is 11.3 Å². The predicted octanol–water partition coefficient (Wildman–Crippen LogP) is 1.72. The number of amides is 1. The van der Waals surface area contributed by atoms with Gasteiger partial charge in [0.05, 0.1) is 11.6 Å². The third-order valence-corrected chi connectivity index (χ3v) is 3.21. The van der Waals surface area contributed by atoms with Gasteiger partial charge >= 0.3 is 0 Å². The Hall–Kier alpha value is -1.70. The van der Waals surface area contributed by atoms with E-state index in [0.29, 0.717) is 16.8 Å². The molecule has 20 heavy (non-hydrogen) atoms. The summed E-state index contributed by atoms with van der Waals surface area (Å²) in [4.78, 5) is 11.4. The highest BCUT2D eigenvalue weighted by Gasteiger charge is 2.20. The fraction of sp³-hybridized carbons (Fsp3) is 0.400. The van der Waals surface area contributed by atoms with Crippen LogP contribution < -0.4 is 15.4 Å². The summed E-state index contributed by atoms with van der Waals surface area (Å²) in [6, 6.07) is 6.23. The van der Waals surface area contributed by atoms with Gasteiger partial charge in [-0.25, -0.2) is 0 Å². The van der Waals surface area contributed by atoms with E-state index in [9.17, 15) is 4.79 Å². The number of rotatable bonds is 7. The highest BCUT2D eigenvalue weighted by atomic mass is 35.5. The molecular formula is C15H17ClN2O2. The number of carbonyl (C=O) groups excluding carboxylic acids is 1. The molecule has 0 heterocycles. The van der Waals surface area contributed by atoms with E-state index in [4.69, 9.17) is 22.8 Å². The Morgan fingerprint density at radius 3 is 2.95 bits per heavy atom. The van der Waals surface area contributed by atoms with Crippen molar-refractivity contribution in [3.63, 3.8) is 0 Å². The van der Waals surface area contributed by atoms with Crippen LogP contribution in [-0.4, -0.2) is 25.1 Å². The zero-order valence-electron chi connectivity index (χ0n) is 11.1. The molecule has 1 aliphatic rings. The fourth-order valence-corrected chi connectivity index (χ4v) is 1.92. The lowest BCUT2D eigenvalue weighted by Gasteiger charge is -2.09. The predicted molar refractivity (Wildman–Crippen MR) is 78.7 cm³/mol. The molecule has 2 rings (SSSR count). The van der Waals surface area contributed by atoms with Crippen molar-refractivity contribution < 1.29 is 9.53 Å². The minimum absolute atomic E-state index is 0.0962. The van der Waals surface area contributed by atoms with Gasteiger partial charge in [-0.15, -0.1) is 6.42 Å². The second-order valence-corrected chi connectivity index (χ2v) is 5.10. The quantitative estimate of drug-likeness (QED) is 0.753.